The molecule has 28 heavy (non-hydrogen) atoms. The number of hydrogen-bond acceptors (Lipinski definition) is 5. The number of benzene rings is 1. The molecule has 0 radical (unpaired) electrons. The molecule has 3 aromatic rings. The van der Waals surface area contributed by atoms with E-state index in [0.29, 0.717) is 24.9 Å². The lowest BCUT2D eigenvalue weighted by atomic mass is 10.0. The first kappa shape index (κ1) is 18.2. The number of aryl methyl sites for hydroxylation is 1. The van der Waals surface area contributed by atoms with Gasteiger partial charge in [-0.2, -0.15) is 5.26 Å². The zero-order valence-electron chi connectivity index (χ0n) is 15.6. The highest BCUT2D eigenvalue weighted by Gasteiger charge is 2.30. The molecule has 0 aliphatic carbocycles. The zero-order chi connectivity index (χ0) is 19.5. The number of fused-ring (bicyclic) bond motifs is 1. The number of carbonyl (C=O) groups is 1. The molecule has 1 aliphatic heterocycles. The molecule has 0 bridgehead atoms. The Labute approximate surface area is 163 Å². The van der Waals surface area contributed by atoms with E-state index in [1.165, 1.54) is 0 Å². The number of pyridine rings is 1. The highest BCUT2D eigenvalue weighted by Crippen LogP contribution is 2.24. The molecule has 1 aliphatic rings. The molecule has 4 N–H and O–H groups in total. The van der Waals surface area contributed by atoms with E-state index < -0.39 is 0 Å². The third-order valence-electron chi connectivity index (χ3n) is 5.19. The van der Waals surface area contributed by atoms with Crippen LogP contribution in [0.15, 0.2) is 42.6 Å². The van der Waals surface area contributed by atoms with Crippen molar-refractivity contribution in [3.8, 4) is 6.07 Å². The van der Waals surface area contributed by atoms with Crippen LogP contribution in [0.5, 0.6) is 0 Å². The maximum atomic E-state index is 12.5. The molecule has 0 spiro atoms. The molecule has 7 nitrogen and oxygen atoms in total. The summed E-state index contributed by atoms with van der Waals surface area (Å²) >= 11 is 0. The first-order valence-electron chi connectivity index (χ1n) is 9.36. The lowest BCUT2D eigenvalue weighted by Crippen LogP contribution is -2.43. The van der Waals surface area contributed by atoms with E-state index in [1.807, 2.05) is 37.3 Å². The van der Waals surface area contributed by atoms with E-state index in [4.69, 9.17) is 5.26 Å². The summed E-state index contributed by atoms with van der Waals surface area (Å²) in [5, 5.41) is 13.2. The normalized spacial score (nSPS) is 18.9. The Hall–Kier alpha value is -3.21. The first-order chi connectivity index (χ1) is 13.7. The number of amides is 1. The Bertz CT molecular complexity index is 1040. The summed E-state index contributed by atoms with van der Waals surface area (Å²) in [6.45, 7) is 2.55. The second kappa shape index (κ2) is 7.80. The van der Waals surface area contributed by atoms with Gasteiger partial charge in [0.25, 0.3) is 0 Å². The number of nitrogens with one attached hydrogen (secondary N) is 4. The van der Waals surface area contributed by atoms with Crippen molar-refractivity contribution in [2.24, 2.45) is 0 Å². The van der Waals surface area contributed by atoms with E-state index in [1.54, 1.807) is 12.3 Å². The fourth-order valence-corrected chi connectivity index (χ4v) is 3.71. The minimum Gasteiger partial charge on any atom is -0.358 e. The number of nitriles is 1. The SMILES string of the molecule is Cc1[nH]c2ccc(C#N)cc2c1CCNC(=O)C1CC(c2ccccn2)NN1. The molecule has 0 saturated carbocycles. The Morgan fingerprint density at radius 2 is 2.21 bits per heavy atom. The summed E-state index contributed by atoms with van der Waals surface area (Å²) < 4.78 is 0. The Balaban J connectivity index is 1.36. The quantitative estimate of drug-likeness (QED) is 0.547. The lowest BCUT2D eigenvalue weighted by Gasteiger charge is -2.11. The molecule has 2 aromatic heterocycles. The van der Waals surface area contributed by atoms with E-state index in [0.717, 1.165) is 27.9 Å². The van der Waals surface area contributed by atoms with Crippen molar-refractivity contribution in [2.75, 3.05) is 6.54 Å². The maximum absolute atomic E-state index is 12.5. The molecule has 1 fully saturated rings. The maximum Gasteiger partial charge on any atom is 0.238 e. The molecule has 4 rings (SSSR count). The molecule has 7 heteroatoms. The number of aromatic amines is 1. The second-order valence-corrected chi connectivity index (χ2v) is 7.03. The van der Waals surface area contributed by atoms with Gasteiger partial charge in [-0.3, -0.25) is 9.78 Å². The van der Waals surface area contributed by atoms with E-state index in [2.05, 4.69) is 32.2 Å². The molecule has 2 unspecified atom stereocenters. The van der Waals surface area contributed by atoms with Crippen LogP contribution in [0.2, 0.25) is 0 Å². The predicted molar refractivity (Wildman–Crippen MR) is 106 cm³/mol. The van der Waals surface area contributed by atoms with E-state index in [9.17, 15) is 4.79 Å². The van der Waals surface area contributed by atoms with Crippen LogP contribution in [-0.4, -0.2) is 28.5 Å². The Morgan fingerprint density at radius 3 is 3.00 bits per heavy atom. The fraction of sp³-hybridized carbons (Fsp3) is 0.286. The van der Waals surface area contributed by atoms with Crippen molar-refractivity contribution < 1.29 is 4.79 Å². The molecular weight excluding hydrogens is 352 g/mol. The summed E-state index contributed by atoms with van der Waals surface area (Å²) in [4.78, 5) is 20.2. The van der Waals surface area contributed by atoms with Crippen molar-refractivity contribution in [1.82, 2.24) is 26.1 Å². The number of aromatic nitrogens is 2. The van der Waals surface area contributed by atoms with Crippen LogP contribution >= 0.6 is 0 Å². The van der Waals surface area contributed by atoms with Crippen molar-refractivity contribution in [2.45, 2.75) is 31.8 Å². The highest BCUT2D eigenvalue weighted by atomic mass is 16.2. The monoisotopic (exact) mass is 374 g/mol. The topological polar surface area (TPSA) is 106 Å². The predicted octanol–water partition coefficient (Wildman–Crippen LogP) is 2.01. The van der Waals surface area contributed by atoms with Gasteiger partial charge in [0.15, 0.2) is 0 Å². The smallest absolute Gasteiger partial charge is 0.238 e. The standard InChI is InChI=1S/C21H22N6O/c1-13-15(16-10-14(12-22)5-6-17(16)25-13)7-9-24-21(28)20-11-19(26-27-20)18-4-2-3-8-23-18/h2-6,8,10,19-20,25-27H,7,9,11H2,1H3,(H,24,28). The van der Waals surface area contributed by atoms with Crippen molar-refractivity contribution in [3.05, 3.63) is 65.1 Å². The third-order valence-corrected chi connectivity index (χ3v) is 5.19. The number of rotatable bonds is 5. The minimum atomic E-state index is -0.290. The second-order valence-electron chi connectivity index (χ2n) is 7.03. The summed E-state index contributed by atoms with van der Waals surface area (Å²) in [7, 11) is 0. The van der Waals surface area contributed by atoms with Gasteiger partial charge in [-0.1, -0.05) is 6.07 Å². The van der Waals surface area contributed by atoms with Gasteiger partial charge in [0.2, 0.25) is 5.91 Å². The molecule has 1 aromatic carbocycles. The van der Waals surface area contributed by atoms with Crippen LogP contribution in [0.25, 0.3) is 10.9 Å². The number of H-pyrrole nitrogens is 1. The number of carbonyl (C=O) groups excluding carboxylic acids is 1. The average Bonchev–Trinajstić information content (AvgIpc) is 3.33. The minimum absolute atomic E-state index is 0.0252. The van der Waals surface area contributed by atoms with Crippen LogP contribution < -0.4 is 16.2 Å². The zero-order valence-corrected chi connectivity index (χ0v) is 15.6. The van der Waals surface area contributed by atoms with Crippen molar-refractivity contribution in [1.29, 1.82) is 5.26 Å². The van der Waals surface area contributed by atoms with E-state index in [-0.39, 0.29) is 18.0 Å². The van der Waals surface area contributed by atoms with Crippen LogP contribution in [0, 0.1) is 18.3 Å². The first-order valence-corrected chi connectivity index (χ1v) is 9.36. The number of hydrazine groups is 1. The van der Waals surface area contributed by atoms with Gasteiger partial charge in [0.05, 0.1) is 23.4 Å². The average molecular weight is 374 g/mol. The molecular formula is C21H22N6O. The van der Waals surface area contributed by atoms with Crippen LogP contribution in [-0.2, 0) is 11.2 Å². The molecule has 1 saturated heterocycles. The van der Waals surface area contributed by atoms with Gasteiger partial charge in [0, 0.05) is 29.3 Å². The highest BCUT2D eigenvalue weighted by molar-refractivity contribution is 5.86. The number of hydrogen-bond donors (Lipinski definition) is 4. The molecule has 142 valence electrons. The van der Waals surface area contributed by atoms with Gasteiger partial charge in [-0.25, -0.2) is 10.9 Å². The summed E-state index contributed by atoms with van der Waals surface area (Å²) in [5.74, 6) is -0.0267. The summed E-state index contributed by atoms with van der Waals surface area (Å²) in [6, 6.07) is 13.3. The van der Waals surface area contributed by atoms with Crippen LogP contribution in [0.1, 0.15) is 35.0 Å². The molecule has 2 atom stereocenters. The van der Waals surface area contributed by atoms with Gasteiger partial charge in [-0.15, -0.1) is 0 Å². The number of nitrogens with zero attached hydrogens (tertiary/aromatic N) is 2. The van der Waals surface area contributed by atoms with E-state index >= 15 is 0 Å². The van der Waals surface area contributed by atoms with Crippen LogP contribution in [0.3, 0.4) is 0 Å². The summed E-state index contributed by atoms with van der Waals surface area (Å²) in [6.07, 6.45) is 3.11. The van der Waals surface area contributed by atoms with Gasteiger partial charge in [-0.05, 0) is 55.7 Å². The summed E-state index contributed by atoms with van der Waals surface area (Å²) in [5.41, 5.74) is 11.0. The Kier molecular flexibility index (Phi) is 5.06. The van der Waals surface area contributed by atoms with Gasteiger partial charge < -0.3 is 10.3 Å². The third kappa shape index (κ3) is 3.60. The molecule has 1 amide bonds. The van der Waals surface area contributed by atoms with Gasteiger partial charge >= 0.3 is 0 Å². The Morgan fingerprint density at radius 1 is 1.32 bits per heavy atom. The lowest BCUT2D eigenvalue weighted by molar-refractivity contribution is -0.122. The fourth-order valence-electron chi connectivity index (χ4n) is 3.71. The largest absolute Gasteiger partial charge is 0.358 e. The van der Waals surface area contributed by atoms with Crippen LogP contribution in [0.4, 0.5) is 0 Å². The molecule has 3 heterocycles. The van der Waals surface area contributed by atoms with Crippen molar-refractivity contribution in [3.63, 3.8) is 0 Å². The van der Waals surface area contributed by atoms with Gasteiger partial charge in [0.1, 0.15) is 6.04 Å². The van der Waals surface area contributed by atoms with Crippen molar-refractivity contribution >= 4 is 16.8 Å².